The Labute approximate surface area is 114 Å². The SMILES string of the molecule is CC(C)Oc1ccc(C(CN)N2CCCC2)cc1F. The summed E-state index contributed by atoms with van der Waals surface area (Å²) < 4.78 is 19.4. The van der Waals surface area contributed by atoms with E-state index < -0.39 is 0 Å². The Balaban J connectivity index is 2.17. The largest absolute Gasteiger partial charge is 0.488 e. The second-order valence-corrected chi connectivity index (χ2v) is 5.35. The molecule has 2 rings (SSSR count). The Morgan fingerprint density at radius 3 is 2.53 bits per heavy atom. The van der Waals surface area contributed by atoms with E-state index in [-0.39, 0.29) is 18.0 Å². The summed E-state index contributed by atoms with van der Waals surface area (Å²) in [6.07, 6.45) is 2.38. The first kappa shape index (κ1) is 14.3. The van der Waals surface area contributed by atoms with Crippen molar-refractivity contribution in [2.24, 2.45) is 5.73 Å². The number of nitrogens with two attached hydrogens (primary N) is 1. The summed E-state index contributed by atoms with van der Waals surface area (Å²) in [5.74, 6) is 0.0137. The lowest BCUT2D eigenvalue weighted by atomic mass is 10.1. The zero-order chi connectivity index (χ0) is 13.8. The van der Waals surface area contributed by atoms with Gasteiger partial charge in [-0.25, -0.2) is 4.39 Å². The fraction of sp³-hybridized carbons (Fsp3) is 0.600. The topological polar surface area (TPSA) is 38.5 Å². The van der Waals surface area contributed by atoms with Crippen molar-refractivity contribution in [1.82, 2.24) is 4.90 Å². The van der Waals surface area contributed by atoms with Gasteiger partial charge in [0.1, 0.15) is 0 Å². The lowest BCUT2D eigenvalue weighted by molar-refractivity contribution is 0.229. The van der Waals surface area contributed by atoms with Crippen molar-refractivity contribution in [1.29, 1.82) is 0 Å². The van der Waals surface area contributed by atoms with Crippen LogP contribution in [-0.2, 0) is 0 Å². The highest BCUT2D eigenvalue weighted by Crippen LogP contribution is 2.28. The van der Waals surface area contributed by atoms with E-state index in [1.807, 2.05) is 19.9 Å². The van der Waals surface area contributed by atoms with Crippen LogP contribution in [0.4, 0.5) is 4.39 Å². The summed E-state index contributed by atoms with van der Waals surface area (Å²) in [6, 6.07) is 5.32. The molecule has 0 amide bonds. The van der Waals surface area contributed by atoms with Gasteiger partial charge in [0.25, 0.3) is 0 Å². The summed E-state index contributed by atoms with van der Waals surface area (Å²) >= 11 is 0. The average molecular weight is 266 g/mol. The standard InChI is InChI=1S/C15H23FN2O/c1-11(2)19-15-6-5-12(9-13(15)16)14(10-17)18-7-3-4-8-18/h5-6,9,11,14H,3-4,7-8,10,17H2,1-2H3. The molecule has 2 N–H and O–H groups in total. The van der Waals surface area contributed by atoms with Crippen molar-refractivity contribution in [3.8, 4) is 5.75 Å². The van der Waals surface area contributed by atoms with E-state index in [1.54, 1.807) is 12.1 Å². The Bertz CT molecular complexity index is 417. The molecule has 1 aliphatic heterocycles. The molecule has 3 nitrogen and oxygen atoms in total. The minimum atomic E-state index is -0.302. The highest BCUT2D eigenvalue weighted by atomic mass is 19.1. The Morgan fingerprint density at radius 1 is 1.32 bits per heavy atom. The molecule has 0 bridgehead atoms. The molecule has 0 aliphatic carbocycles. The van der Waals surface area contributed by atoms with Crippen molar-refractivity contribution < 1.29 is 9.13 Å². The number of ether oxygens (including phenoxy) is 1. The van der Waals surface area contributed by atoms with E-state index in [1.165, 1.54) is 12.8 Å². The third kappa shape index (κ3) is 3.45. The molecule has 0 spiro atoms. The zero-order valence-corrected chi connectivity index (χ0v) is 11.7. The second-order valence-electron chi connectivity index (χ2n) is 5.35. The van der Waals surface area contributed by atoms with Gasteiger partial charge in [0.05, 0.1) is 6.10 Å². The van der Waals surface area contributed by atoms with Gasteiger partial charge < -0.3 is 10.5 Å². The normalized spacial score (nSPS) is 17.9. The Kier molecular flexibility index (Phi) is 4.77. The maximum Gasteiger partial charge on any atom is 0.165 e. The Hall–Kier alpha value is -1.13. The fourth-order valence-electron chi connectivity index (χ4n) is 2.62. The maximum atomic E-state index is 14.0. The fourth-order valence-corrected chi connectivity index (χ4v) is 2.62. The molecule has 106 valence electrons. The van der Waals surface area contributed by atoms with Crippen molar-refractivity contribution >= 4 is 0 Å². The summed E-state index contributed by atoms with van der Waals surface area (Å²) in [4.78, 5) is 2.33. The van der Waals surface area contributed by atoms with Gasteiger partial charge in [0, 0.05) is 12.6 Å². The van der Waals surface area contributed by atoms with Crippen LogP contribution in [0.3, 0.4) is 0 Å². The minimum Gasteiger partial charge on any atom is -0.488 e. The first-order valence-corrected chi connectivity index (χ1v) is 7.02. The smallest absolute Gasteiger partial charge is 0.165 e. The zero-order valence-electron chi connectivity index (χ0n) is 11.7. The third-order valence-corrected chi connectivity index (χ3v) is 3.51. The van der Waals surface area contributed by atoms with Crippen molar-refractivity contribution in [3.05, 3.63) is 29.6 Å². The number of nitrogens with zero attached hydrogens (tertiary/aromatic N) is 1. The van der Waals surface area contributed by atoms with Gasteiger partial charge in [0.2, 0.25) is 0 Å². The van der Waals surface area contributed by atoms with E-state index in [2.05, 4.69) is 4.90 Å². The predicted octanol–water partition coefficient (Wildman–Crippen LogP) is 2.71. The monoisotopic (exact) mass is 266 g/mol. The average Bonchev–Trinajstić information content (AvgIpc) is 2.87. The van der Waals surface area contributed by atoms with Gasteiger partial charge in [-0.3, -0.25) is 4.90 Å². The third-order valence-electron chi connectivity index (χ3n) is 3.51. The molecule has 4 heteroatoms. The van der Waals surface area contributed by atoms with Crippen molar-refractivity contribution in [2.75, 3.05) is 19.6 Å². The van der Waals surface area contributed by atoms with E-state index in [9.17, 15) is 4.39 Å². The maximum absolute atomic E-state index is 14.0. The molecule has 19 heavy (non-hydrogen) atoms. The molecule has 1 saturated heterocycles. The number of benzene rings is 1. The van der Waals surface area contributed by atoms with E-state index in [0.717, 1.165) is 18.7 Å². The molecule has 1 aromatic rings. The quantitative estimate of drug-likeness (QED) is 0.890. The van der Waals surface area contributed by atoms with Gasteiger partial charge in [-0.15, -0.1) is 0 Å². The van der Waals surface area contributed by atoms with Gasteiger partial charge in [-0.1, -0.05) is 6.07 Å². The predicted molar refractivity (Wildman–Crippen MR) is 74.8 cm³/mol. The van der Waals surface area contributed by atoms with Crippen molar-refractivity contribution in [2.45, 2.75) is 38.8 Å². The summed E-state index contributed by atoms with van der Waals surface area (Å²) in [7, 11) is 0. The minimum absolute atomic E-state index is 0.0239. The molecule has 1 heterocycles. The summed E-state index contributed by atoms with van der Waals surface area (Å²) in [5.41, 5.74) is 6.80. The molecule has 0 radical (unpaired) electrons. The number of halogens is 1. The van der Waals surface area contributed by atoms with Crippen LogP contribution in [0, 0.1) is 5.82 Å². The van der Waals surface area contributed by atoms with Gasteiger partial charge in [-0.2, -0.15) is 0 Å². The van der Waals surface area contributed by atoms with Crippen LogP contribution >= 0.6 is 0 Å². The molecular weight excluding hydrogens is 243 g/mol. The molecular formula is C15H23FN2O. The molecule has 0 aromatic heterocycles. The van der Waals surface area contributed by atoms with Crippen LogP contribution in [0.5, 0.6) is 5.75 Å². The molecule has 1 atom stereocenters. The highest BCUT2D eigenvalue weighted by molar-refractivity contribution is 5.31. The number of rotatable bonds is 5. The number of hydrogen-bond acceptors (Lipinski definition) is 3. The first-order valence-electron chi connectivity index (χ1n) is 7.02. The van der Waals surface area contributed by atoms with Gasteiger partial charge in [-0.05, 0) is 57.5 Å². The van der Waals surface area contributed by atoms with Crippen LogP contribution in [0.25, 0.3) is 0 Å². The first-order chi connectivity index (χ1) is 9.11. The molecule has 0 saturated carbocycles. The lowest BCUT2D eigenvalue weighted by Crippen LogP contribution is -2.31. The summed E-state index contributed by atoms with van der Waals surface area (Å²) in [6.45, 7) is 6.39. The van der Waals surface area contributed by atoms with Crippen molar-refractivity contribution in [3.63, 3.8) is 0 Å². The van der Waals surface area contributed by atoms with Crippen LogP contribution < -0.4 is 10.5 Å². The lowest BCUT2D eigenvalue weighted by Gasteiger charge is -2.27. The molecule has 1 unspecified atom stereocenters. The van der Waals surface area contributed by atoms with Crippen LogP contribution in [0.2, 0.25) is 0 Å². The van der Waals surface area contributed by atoms with Gasteiger partial charge in [0.15, 0.2) is 11.6 Å². The highest BCUT2D eigenvalue weighted by Gasteiger charge is 2.23. The van der Waals surface area contributed by atoms with E-state index >= 15 is 0 Å². The molecule has 1 aliphatic rings. The van der Waals surface area contributed by atoms with E-state index in [4.69, 9.17) is 10.5 Å². The number of likely N-dealkylation sites (tertiary alicyclic amines) is 1. The van der Waals surface area contributed by atoms with E-state index in [0.29, 0.717) is 12.3 Å². The number of hydrogen-bond donors (Lipinski definition) is 1. The summed E-state index contributed by atoms with van der Waals surface area (Å²) in [5, 5.41) is 0. The Morgan fingerprint density at radius 2 is 2.00 bits per heavy atom. The molecule has 1 fully saturated rings. The van der Waals surface area contributed by atoms with Gasteiger partial charge >= 0.3 is 0 Å². The van der Waals surface area contributed by atoms with Crippen LogP contribution in [0.15, 0.2) is 18.2 Å². The van der Waals surface area contributed by atoms with Crippen LogP contribution in [-0.4, -0.2) is 30.6 Å². The second kappa shape index (κ2) is 6.35. The van der Waals surface area contributed by atoms with Crippen LogP contribution in [0.1, 0.15) is 38.3 Å². The molecule has 1 aromatic carbocycles.